The molecule has 1 aromatic heterocycles. The number of pyridine rings is 1. The van der Waals surface area contributed by atoms with E-state index in [-0.39, 0.29) is 5.03 Å². The molecule has 1 aromatic rings. The van der Waals surface area contributed by atoms with Crippen LogP contribution >= 0.6 is 0 Å². The number of nitrogens with one attached hydrogen (secondary N) is 2. The molecule has 0 bridgehead atoms. The molecule has 0 amide bonds. The molecule has 7 heteroatoms. The Morgan fingerprint density at radius 1 is 1.50 bits per heavy atom. The third-order valence-electron chi connectivity index (χ3n) is 3.58. The average molecular weight is 298 g/mol. The van der Waals surface area contributed by atoms with E-state index in [2.05, 4.69) is 27.0 Å². The normalized spacial score (nSPS) is 20.8. The molecule has 0 radical (unpaired) electrons. The van der Waals surface area contributed by atoms with Crippen molar-refractivity contribution in [2.24, 2.45) is 5.92 Å². The summed E-state index contributed by atoms with van der Waals surface area (Å²) in [4.78, 5) is 6.21. The van der Waals surface area contributed by atoms with Gasteiger partial charge in [-0.1, -0.05) is 0 Å². The Labute approximate surface area is 120 Å². The first kappa shape index (κ1) is 15.2. The summed E-state index contributed by atoms with van der Waals surface area (Å²) in [6.45, 7) is 2.49. The Hall–Kier alpha value is -1.18. The van der Waals surface area contributed by atoms with Crippen LogP contribution in [-0.4, -0.2) is 52.0 Å². The van der Waals surface area contributed by atoms with E-state index in [1.165, 1.54) is 6.20 Å². The molecule has 1 aliphatic rings. The van der Waals surface area contributed by atoms with E-state index >= 15 is 0 Å². The summed E-state index contributed by atoms with van der Waals surface area (Å²) in [5.74, 6) is 0.366. The summed E-state index contributed by atoms with van der Waals surface area (Å²) < 4.78 is 27.3. The standard InChI is InChI=1S/C13H22N4O2S/c1-14-12-6-3-7-15-13(12)20(18,19)16-9-11-5-4-8-17(2)10-11/h3,6-7,11,14,16H,4-5,8-10H2,1-2H3. The van der Waals surface area contributed by atoms with Crippen LogP contribution in [0, 0.1) is 5.92 Å². The van der Waals surface area contributed by atoms with Crippen LogP contribution in [-0.2, 0) is 10.0 Å². The van der Waals surface area contributed by atoms with E-state index in [0.29, 0.717) is 18.2 Å². The Bertz CT molecular complexity index is 547. The van der Waals surface area contributed by atoms with E-state index in [9.17, 15) is 8.42 Å². The maximum Gasteiger partial charge on any atom is 0.260 e. The van der Waals surface area contributed by atoms with E-state index in [4.69, 9.17) is 0 Å². The largest absolute Gasteiger partial charge is 0.386 e. The average Bonchev–Trinajstić information content (AvgIpc) is 2.45. The minimum absolute atomic E-state index is 0.0617. The van der Waals surface area contributed by atoms with Crippen molar-refractivity contribution in [2.45, 2.75) is 17.9 Å². The molecule has 2 heterocycles. The third-order valence-corrected chi connectivity index (χ3v) is 4.96. The summed E-state index contributed by atoms with van der Waals surface area (Å²) in [7, 11) is 0.193. The zero-order chi connectivity index (χ0) is 14.6. The number of sulfonamides is 1. The highest BCUT2D eigenvalue weighted by Gasteiger charge is 2.23. The molecule has 2 rings (SSSR count). The van der Waals surface area contributed by atoms with Crippen molar-refractivity contribution in [1.29, 1.82) is 0 Å². The second kappa shape index (κ2) is 6.51. The van der Waals surface area contributed by atoms with Crippen molar-refractivity contribution in [3.63, 3.8) is 0 Å². The number of nitrogens with zero attached hydrogens (tertiary/aromatic N) is 2. The SMILES string of the molecule is CNc1cccnc1S(=O)(=O)NCC1CCCN(C)C1. The lowest BCUT2D eigenvalue weighted by atomic mass is 9.99. The highest BCUT2D eigenvalue weighted by atomic mass is 32.2. The Morgan fingerprint density at radius 2 is 2.30 bits per heavy atom. The van der Waals surface area contributed by atoms with Gasteiger partial charge in [-0.2, -0.15) is 0 Å². The van der Waals surface area contributed by atoms with Crippen LogP contribution in [0.15, 0.2) is 23.4 Å². The minimum Gasteiger partial charge on any atom is -0.386 e. The summed E-state index contributed by atoms with van der Waals surface area (Å²) in [5, 5.41) is 2.92. The molecule has 0 aromatic carbocycles. The zero-order valence-corrected chi connectivity index (χ0v) is 12.8. The van der Waals surface area contributed by atoms with Crippen LogP contribution in [0.5, 0.6) is 0 Å². The maximum atomic E-state index is 12.3. The van der Waals surface area contributed by atoms with Crippen molar-refractivity contribution < 1.29 is 8.42 Å². The second-order valence-corrected chi connectivity index (χ2v) is 6.91. The van der Waals surface area contributed by atoms with Gasteiger partial charge in [0, 0.05) is 26.3 Å². The van der Waals surface area contributed by atoms with Gasteiger partial charge in [0.25, 0.3) is 10.0 Å². The van der Waals surface area contributed by atoms with Gasteiger partial charge < -0.3 is 10.2 Å². The molecule has 1 saturated heterocycles. The number of likely N-dealkylation sites (tertiary alicyclic amines) is 1. The number of hydrogen-bond acceptors (Lipinski definition) is 5. The number of rotatable bonds is 5. The molecule has 0 aliphatic carbocycles. The lowest BCUT2D eigenvalue weighted by Gasteiger charge is -2.29. The van der Waals surface area contributed by atoms with Gasteiger partial charge in [-0.3, -0.25) is 0 Å². The fourth-order valence-corrected chi connectivity index (χ4v) is 3.78. The first-order valence-electron chi connectivity index (χ1n) is 6.84. The van der Waals surface area contributed by atoms with Gasteiger partial charge in [0.2, 0.25) is 0 Å². The highest BCUT2D eigenvalue weighted by Crippen LogP contribution is 2.18. The van der Waals surface area contributed by atoms with Crippen LogP contribution in [0.25, 0.3) is 0 Å². The minimum atomic E-state index is -3.56. The fraction of sp³-hybridized carbons (Fsp3) is 0.615. The first-order valence-corrected chi connectivity index (χ1v) is 8.32. The van der Waals surface area contributed by atoms with Crippen LogP contribution in [0.1, 0.15) is 12.8 Å². The summed E-state index contributed by atoms with van der Waals surface area (Å²) >= 11 is 0. The number of piperidine rings is 1. The second-order valence-electron chi connectivity index (χ2n) is 5.23. The lowest BCUT2D eigenvalue weighted by Crippen LogP contribution is -2.39. The van der Waals surface area contributed by atoms with Gasteiger partial charge in [0.15, 0.2) is 5.03 Å². The molecule has 112 valence electrons. The van der Waals surface area contributed by atoms with E-state index in [0.717, 1.165) is 25.9 Å². The third kappa shape index (κ3) is 3.68. The lowest BCUT2D eigenvalue weighted by molar-refractivity contribution is 0.211. The first-order chi connectivity index (χ1) is 9.53. The zero-order valence-electron chi connectivity index (χ0n) is 12.0. The van der Waals surface area contributed by atoms with Crippen LogP contribution < -0.4 is 10.0 Å². The smallest absolute Gasteiger partial charge is 0.260 e. The number of hydrogen-bond donors (Lipinski definition) is 2. The van der Waals surface area contributed by atoms with Crippen LogP contribution in [0.3, 0.4) is 0 Å². The van der Waals surface area contributed by atoms with Crippen molar-refractivity contribution in [3.05, 3.63) is 18.3 Å². The van der Waals surface area contributed by atoms with Crippen molar-refractivity contribution >= 4 is 15.7 Å². The monoisotopic (exact) mass is 298 g/mol. The maximum absolute atomic E-state index is 12.3. The van der Waals surface area contributed by atoms with E-state index in [1.54, 1.807) is 19.2 Å². The van der Waals surface area contributed by atoms with Gasteiger partial charge in [0.05, 0.1) is 5.69 Å². The topological polar surface area (TPSA) is 74.3 Å². The summed E-state index contributed by atoms with van der Waals surface area (Å²) in [6, 6.07) is 3.41. The molecular formula is C13H22N4O2S. The molecule has 2 N–H and O–H groups in total. The highest BCUT2D eigenvalue weighted by molar-refractivity contribution is 7.89. The van der Waals surface area contributed by atoms with Crippen molar-refractivity contribution in [3.8, 4) is 0 Å². The van der Waals surface area contributed by atoms with Crippen LogP contribution in [0.2, 0.25) is 0 Å². The fourth-order valence-electron chi connectivity index (χ4n) is 2.53. The summed E-state index contributed by atoms with van der Waals surface area (Å²) in [5.41, 5.74) is 0.515. The molecule has 1 fully saturated rings. The van der Waals surface area contributed by atoms with Gasteiger partial charge in [-0.05, 0) is 44.5 Å². The van der Waals surface area contributed by atoms with Crippen molar-refractivity contribution in [2.75, 3.05) is 39.0 Å². The molecule has 1 unspecified atom stereocenters. The van der Waals surface area contributed by atoms with Gasteiger partial charge >= 0.3 is 0 Å². The van der Waals surface area contributed by atoms with Crippen molar-refractivity contribution in [1.82, 2.24) is 14.6 Å². The molecule has 0 spiro atoms. The molecule has 1 atom stereocenters. The van der Waals surface area contributed by atoms with Gasteiger partial charge in [-0.15, -0.1) is 0 Å². The quantitative estimate of drug-likeness (QED) is 0.839. The summed E-state index contributed by atoms with van der Waals surface area (Å²) in [6.07, 6.45) is 3.67. The molecule has 0 saturated carbocycles. The van der Waals surface area contributed by atoms with E-state index in [1.807, 2.05) is 0 Å². The molecule has 6 nitrogen and oxygen atoms in total. The van der Waals surface area contributed by atoms with Gasteiger partial charge in [-0.25, -0.2) is 18.1 Å². The number of anilines is 1. The van der Waals surface area contributed by atoms with Crippen LogP contribution in [0.4, 0.5) is 5.69 Å². The molecule has 20 heavy (non-hydrogen) atoms. The number of aromatic nitrogens is 1. The Balaban J connectivity index is 2.04. The molecule has 1 aliphatic heterocycles. The predicted molar refractivity (Wildman–Crippen MR) is 79.2 cm³/mol. The van der Waals surface area contributed by atoms with Gasteiger partial charge in [0.1, 0.15) is 0 Å². The Morgan fingerprint density at radius 3 is 3.00 bits per heavy atom. The Kier molecular flexibility index (Phi) is 4.95. The predicted octanol–water partition coefficient (Wildman–Crippen LogP) is 0.743. The van der Waals surface area contributed by atoms with E-state index < -0.39 is 10.0 Å². The molecular weight excluding hydrogens is 276 g/mol.